The fourth-order valence-electron chi connectivity index (χ4n) is 2.01. The first-order valence-electron chi connectivity index (χ1n) is 5.72. The minimum Gasteiger partial charge on any atom is -0.388 e. The number of nitrogens with zero attached hydrogens (tertiary/aromatic N) is 2. The van der Waals surface area contributed by atoms with Gasteiger partial charge in [0.25, 0.3) is 0 Å². The van der Waals surface area contributed by atoms with E-state index < -0.39 is 24.2 Å². The first kappa shape index (κ1) is 15.2. The van der Waals surface area contributed by atoms with Crippen LogP contribution in [0, 0.1) is 17.2 Å². The van der Waals surface area contributed by atoms with Crippen LogP contribution >= 0.6 is 0 Å². The lowest BCUT2D eigenvalue weighted by molar-refractivity contribution is -0.165. The largest absolute Gasteiger partial charge is 0.405 e. The summed E-state index contributed by atoms with van der Waals surface area (Å²) >= 11 is 0. The molecule has 0 aromatic heterocycles. The molecule has 18 heavy (non-hydrogen) atoms. The van der Waals surface area contributed by atoms with E-state index in [-0.39, 0.29) is 6.54 Å². The van der Waals surface area contributed by atoms with Crippen molar-refractivity contribution in [1.29, 1.82) is 5.26 Å². The molecule has 4 nitrogen and oxygen atoms in total. The molecule has 0 aliphatic carbocycles. The summed E-state index contributed by atoms with van der Waals surface area (Å²) < 4.78 is 42.4. The first-order chi connectivity index (χ1) is 8.27. The van der Waals surface area contributed by atoms with E-state index in [1.165, 1.54) is 18.0 Å². The number of rotatable bonds is 4. The van der Waals surface area contributed by atoms with Crippen molar-refractivity contribution in [2.24, 2.45) is 5.92 Å². The predicted octanol–water partition coefficient (Wildman–Crippen LogP) is 1.16. The van der Waals surface area contributed by atoms with Gasteiger partial charge < -0.3 is 14.7 Å². The van der Waals surface area contributed by atoms with Crippen molar-refractivity contribution in [1.82, 2.24) is 4.90 Å². The lowest BCUT2D eigenvalue weighted by Crippen LogP contribution is -2.47. The van der Waals surface area contributed by atoms with E-state index in [9.17, 15) is 18.3 Å². The number of likely N-dealkylation sites (N-methyl/N-ethyl adjacent to an activating group) is 1. The van der Waals surface area contributed by atoms with Crippen molar-refractivity contribution in [3.05, 3.63) is 0 Å². The summed E-state index contributed by atoms with van der Waals surface area (Å²) in [7, 11) is 1.48. The van der Waals surface area contributed by atoms with Crippen molar-refractivity contribution < 1.29 is 23.0 Å². The van der Waals surface area contributed by atoms with Gasteiger partial charge in [-0.2, -0.15) is 18.4 Å². The number of halogens is 3. The zero-order chi connectivity index (χ0) is 13.8. The molecule has 0 saturated carbocycles. The van der Waals surface area contributed by atoms with E-state index in [0.717, 1.165) is 0 Å². The van der Waals surface area contributed by atoms with Crippen LogP contribution in [0.1, 0.15) is 12.8 Å². The van der Waals surface area contributed by atoms with Crippen molar-refractivity contribution >= 4 is 0 Å². The van der Waals surface area contributed by atoms with E-state index >= 15 is 0 Å². The van der Waals surface area contributed by atoms with Gasteiger partial charge in [0.2, 0.25) is 0 Å². The number of alkyl halides is 3. The van der Waals surface area contributed by atoms with Gasteiger partial charge in [-0.05, 0) is 7.05 Å². The molecule has 1 heterocycles. The van der Waals surface area contributed by atoms with Crippen molar-refractivity contribution in [3.8, 4) is 6.07 Å². The highest BCUT2D eigenvalue weighted by Gasteiger charge is 2.41. The van der Waals surface area contributed by atoms with Gasteiger partial charge in [0, 0.05) is 39.1 Å². The third-order valence-electron chi connectivity index (χ3n) is 3.03. The minimum atomic E-state index is -4.53. The summed E-state index contributed by atoms with van der Waals surface area (Å²) in [5.74, 6) is -2.02. The first-order valence-corrected chi connectivity index (χ1v) is 5.72. The second-order valence-corrected chi connectivity index (χ2v) is 4.76. The van der Waals surface area contributed by atoms with Gasteiger partial charge in [0.1, 0.15) is 0 Å². The molecular weight excluding hydrogens is 249 g/mol. The highest BCUT2D eigenvalue weighted by Crippen LogP contribution is 2.27. The second-order valence-electron chi connectivity index (χ2n) is 4.76. The normalized spacial score (nSPS) is 21.6. The molecule has 1 aliphatic rings. The molecule has 7 heteroatoms. The Morgan fingerprint density at radius 3 is 2.44 bits per heavy atom. The Hall–Kier alpha value is -0.840. The fourth-order valence-corrected chi connectivity index (χ4v) is 2.01. The number of aliphatic hydroxyl groups is 1. The van der Waals surface area contributed by atoms with Gasteiger partial charge >= 0.3 is 6.18 Å². The molecule has 1 atom stereocenters. The Labute approximate surface area is 104 Å². The van der Waals surface area contributed by atoms with Crippen LogP contribution < -0.4 is 0 Å². The molecule has 0 radical (unpaired) electrons. The molecule has 104 valence electrons. The maximum Gasteiger partial charge on any atom is 0.405 e. The predicted molar refractivity (Wildman–Crippen MR) is 57.7 cm³/mol. The van der Waals surface area contributed by atoms with E-state index in [0.29, 0.717) is 26.1 Å². The van der Waals surface area contributed by atoms with Crippen LogP contribution in [0.25, 0.3) is 0 Å². The molecule has 0 spiro atoms. The average molecular weight is 266 g/mol. The van der Waals surface area contributed by atoms with Crippen molar-refractivity contribution in [2.75, 3.05) is 33.4 Å². The van der Waals surface area contributed by atoms with Crippen molar-refractivity contribution in [2.45, 2.75) is 24.6 Å². The van der Waals surface area contributed by atoms with Gasteiger partial charge in [0.05, 0.1) is 11.7 Å². The van der Waals surface area contributed by atoms with E-state index in [1.807, 2.05) is 0 Å². The Kier molecular flexibility index (Phi) is 4.96. The Morgan fingerprint density at radius 1 is 1.44 bits per heavy atom. The summed E-state index contributed by atoms with van der Waals surface area (Å²) in [6.07, 6.45) is -3.72. The molecule has 1 fully saturated rings. The zero-order valence-electron chi connectivity index (χ0n) is 10.2. The topological polar surface area (TPSA) is 56.5 Å². The van der Waals surface area contributed by atoms with Crippen molar-refractivity contribution in [3.63, 3.8) is 0 Å². The van der Waals surface area contributed by atoms with Gasteiger partial charge in [-0.15, -0.1) is 0 Å². The molecule has 1 saturated heterocycles. The number of hydrogen-bond donors (Lipinski definition) is 1. The highest BCUT2D eigenvalue weighted by molar-refractivity contribution is 4.92. The smallest absolute Gasteiger partial charge is 0.388 e. The summed E-state index contributed by atoms with van der Waals surface area (Å²) in [5.41, 5.74) is -1.02. The van der Waals surface area contributed by atoms with Gasteiger partial charge in [0.15, 0.2) is 5.92 Å². The molecule has 0 aromatic carbocycles. The summed E-state index contributed by atoms with van der Waals surface area (Å²) in [6, 6.07) is 1.25. The highest BCUT2D eigenvalue weighted by atomic mass is 19.4. The Bertz CT molecular complexity index is 308. The Balaban J connectivity index is 2.50. The third kappa shape index (κ3) is 4.44. The maximum absolute atomic E-state index is 12.4. The summed E-state index contributed by atoms with van der Waals surface area (Å²) in [6.45, 7) is 0.504. The summed E-state index contributed by atoms with van der Waals surface area (Å²) in [4.78, 5) is 1.35. The van der Waals surface area contributed by atoms with Crippen LogP contribution in [-0.4, -0.2) is 55.1 Å². The minimum absolute atomic E-state index is 0.116. The van der Waals surface area contributed by atoms with Crippen LogP contribution in [0.3, 0.4) is 0 Å². The van der Waals surface area contributed by atoms with Gasteiger partial charge in [-0.25, -0.2) is 0 Å². The van der Waals surface area contributed by atoms with E-state index in [4.69, 9.17) is 10.00 Å². The lowest BCUT2D eigenvalue weighted by Gasteiger charge is -2.36. The molecule has 0 amide bonds. The number of nitriles is 1. The molecule has 1 rings (SSSR count). The number of hydrogen-bond acceptors (Lipinski definition) is 4. The summed E-state index contributed by atoms with van der Waals surface area (Å²) in [5, 5.41) is 18.6. The maximum atomic E-state index is 12.4. The third-order valence-corrected chi connectivity index (χ3v) is 3.03. The molecule has 1 aliphatic heterocycles. The van der Waals surface area contributed by atoms with Crippen LogP contribution in [0.2, 0.25) is 0 Å². The quantitative estimate of drug-likeness (QED) is 0.829. The molecule has 1 N–H and O–H groups in total. The monoisotopic (exact) mass is 266 g/mol. The lowest BCUT2D eigenvalue weighted by atomic mass is 9.93. The van der Waals surface area contributed by atoms with Gasteiger partial charge in [-0.1, -0.05) is 0 Å². The SMILES string of the molecule is CN(CC(C#N)C(F)(F)F)CC1(O)CCOCC1. The standard InChI is InChI=1S/C11H17F3N2O2/c1-16(7-9(6-15)11(12,13)14)8-10(17)2-4-18-5-3-10/h9,17H,2-5,7-8H2,1H3. The molecule has 0 bridgehead atoms. The van der Waals surface area contributed by atoms with Crippen LogP contribution in [0.5, 0.6) is 0 Å². The van der Waals surface area contributed by atoms with Gasteiger partial charge in [-0.3, -0.25) is 0 Å². The second kappa shape index (κ2) is 5.87. The average Bonchev–Trinajstić information content (AvgIpc) is 2.24. The zero-order valence-corrected chi connectivity index (χ0v) is 10.2. The number of ether oxygens (including phenoxy) is 1. The Morgan fingerprint density at radius 2 is 2.00 bits per heavy atom. The molecule has 0 aromatic rings. The van der Waals surface area contributed by atoms with Crippen LogP contribution in [-0.2, 0) is 4.74 Å². The fraction of sp³-hybridized carbons (Fsp3) is 0.909. The van der Waals surface area contributed by atoms with E-state index in [1.54, 1.807) is 0 Å². The molecule has 1 unspecified atom stereocenters. The molecular formula is C11H17F3N2O2. The van der Waals surface area contributed by atoms with Crippen LogP contribution in [0.4, 0.5) is 13.2 Å². The van der Waals surface area contributed by atoms with Crippen LogP contribution in [0.15, 0.2) is 0 Å². The van der Waals surface area contributed by atoms with E-state index in [2.05, 4.69) is 0 Å².